The molecule has 1 saturated heterocycles. The number of halogens is 1. The first kappa shape index (κ1) is 12.4. The molecule has 94 valence electrons. The fourth-order valence-electron chi connectivity index (χ4n) is 2.47. The van der Waals surface area contributed by atoms with Crippen LogP contribution in [0.3, 0.4) is 0 Å². The van der Waals surface area contributed by atoms with Crippen molar-refractivity contribution in [1.29, 1.82) is 0 Å². The predicted molar refractivity (Wildman–Crippen MR) is 67.5 cm³/mol. The predicted octanol–water partition coefficient (Wildman–Crippen LogP) is 2.80. The van der Waals surface area contributed by atoms with Crippen LogP contribution in [0.1, 0.15) is 25.8 Å². The summed E-state index contributed by atoms with van der Waals surface area (Å²) in [4.78, 5) is 2.22. The molecule has 0 aromatic heterocycles. The van der Waals surface area contributed by atoms with E-state index >= 15 is 0 Å². The molecule has 1 fully saturated rings. The molecule has 0 bridgehead atoms. The van der Waals surface area contributed by atoms with Crippen molar-refractivity contribution < 1.29 is 9.50 Å². The summed E-state index contributed by atoms with van der Waals surface area (Å²) in [6, 6.07) is 4.83. The number of aliphatic hydroxyl groups excluding tert-OH is 1. The summed E-state index contributed by atoms with van der Waals surface area (Å²) in [7, 11) is 0. The molecular weight excluding hydrogens is 217 g/mol. The van der Waals surface area contributed by atoms with Crippen molar-refractivity contribution in [2.24, 2.45) is 11.8 Å². The van der Waals surface area contributed by atoms with Crippen molar-refractivity contribution >= 4 is 5.69 Å². The van der Waals surface area contributed by atoms with Crippen LogP contribution in [-0.2, 0) is 6.61 Å². The molecule has 1 N–H and O–H groups in total. The Hall–Kier alpha value is -1.09. The minimum absolute atomic E-state index is 0.105. The summed E-state index contributed by atoms with van der Waals surface area (Å²) in [6.07, 6.45) is 1.17. The summed E-state index contributed by atoms with van der Waals surface area (Å²) in [5.41, 5.74) is 1.55. The molecule has 1 atom stereocenters. The second-order valence-corrected chi connectivity index (χ2v) is 5.21. The third kappa shape index (κ3) is 2.78. The highest BCUT2D eigenvalue weighted by Crippen LogP contribution is 2.29. The number of anilines is 1. The summed E-state index contributed by atoms with van der Waals surface area (Å²) < 4.78 is 13.4. The van der Waals surface area contributed by atoms with Gasteiger partial charge < -0.3 is 10.0 Å². The van der Waals surface area contributed by atoms with Crippen LogP contribution < -0.4 is 4.90 Å². The zero-order valence-corrected chi connectivity index (χ0v) is 10.5. The van der Waals surface area contributed by atoms with Crippen molar-refractivity contribution in [2.75, 3.05) is 18.0 Å². The van der Waals surface area contributed by atoms with Gasteiger partial charge in [0.25, 0.3) is 0 Å². The van der Waals surface area contributed by atoms with Crippen LogP contribution in [0, 0.1) is 17.7 Å². The Balaban J connectivity index is 2.15. The molecule has 1 aliphatic heterocycles. The van der Waals surface area contributed by atoms with Crippen LogP contribution in [-0.4, -0.2) is 18.2 Å². The maximum Gasteiger partial charge on any atom is 0.125 e. The molecule has 3 heteroatoms. The summed E-state index contributed by atoms with van der Waals surface area (Å²) >= 11 is 0. The molecule has 0 amide bonds. The van der Waals surface area contributed by atoms with E-state index in [-0.39, 0.29) is 12.4 Å². The fraction of sp³-hybridized carbons (Fsp3) is 0.571. The van der Waals surface area contributed by atoms with Gasteiger partial charge in [0.05, 0.1) is 6.61 Å². The first-order chi connectivity index (χ1) is 8.10. The number of hydrogen-bond donors (Lipinski definition) is 1. The second kappa shape index (κ2) is 5.05. The van der Waals surface area contributed by atoms with Gasteiger partial charge in [0.15, 0.2) is 0 Å². The Bertz CT molecular complexity index is 392. The summed E-state index contributed by atoms with van der Waals surface area (Å²) in [5.74, 6) is 1.10. The monoisotopic (exact) mass is 237 g/mol. The van der Waals surface area contributed by atoms with Crippen LogP contribution in [0.25, 0.3) is 0 Å². The van der Waals surface area contributed by atoms with Gasteiger partial charge in [-0.25, -0.2) is 4.39 Å². The second-order valence-electron chi connectivity index (χ2n) is 5.21. The molecule has 0 radical (unpaired) electrons. The van der Waals surface area contributed by atoms with Crippen molar-refractivity contribution in [3.05, 3.63) is 29.6 Å². The van der Waals surface area contributed by atoms with Crippen LogP contribution in [0.2, 0.25) is 0 Å². The maximum absolute atomic E-state index is 13.4. The normalized spacial score (nSPS) is 20.3. The van der Waals surface area contributed by atoms with Gasteiger partial charge in [-0.1, -0.05) is 13.8 Å². The Labute approximate surface area is 102 Å². The molecule has 1 aromatic carbocycles. The first-order valence-corrected chi connectivity index (χ1v) is 6.25. The lowest BCUT2D eigenvalue weighted by Crippen LogP contribution is -2.21. The Kier molecular flexibility index (Phi) is 3.67. The number of aliphatic hydroxyl groups is 1. The maximum atomic E-state index is 13.4. The molecule has 1 unspecified atom stereocenters. The van der Waals surface area contributed by atoms with E-state index in [0.29, 0.717) is 17.4 Å². The van der Waals surface area contributed by atoms with Gasteiger partial charge in [-0.05, 0) is 42.0 Å². The van der Waals surface area contributed by atoms with Gasteiger partial charge >= 0.3 is 0 Å². The molecule has 0 aliphatic carbocycles. The van der Waals surface area contributed by atoms with Crippen LogP contribution in [0.4, 0.5) is 10.1 Å². The van der Waals surface area contributed by atoms with Gasteiger partial charge in [-0.2, -0.15) is 0 Å². The highest BCUT2D eigenvalue weighted by atomic mass is 19.1. The Morgan fingerprint density at radius 2 is 2.18 bits per heavy atom. The molecular formula is C14H20FNO. The highest BCUT2D eigenvalue weighted by Gasteiger charge is 2.25. The van der Waals surface area contributed by atoms with E-state index in [4.69, 9.17) is 5.11 Å². The van der Waals surface area contributed by atoms with E-state index in [2.05, 4.69) is 18.7 Å². The zero-order valence-electron chi connectivity index (χ0n) is 10.5. The molecule has 0 spiro atoms. The van der Waals surface area contributed by atoms with E-state index in [1.165, 1.54) is 12.5 Å². The molecule has 2 nitrogen and oxygen atoms in total. The van der Waals surface area contributed by atoms with E-state index < -0.39 is 0 Å². The summed E-state index contributed by atoms with van der Waals surface area (Å²) in [6.45, 7) is 6.34. The van der Waals surface area contributed by atoms with Crippen molar-refractivity contribution in [2.45, 2.75) is 26.9 Å². The van der Waals surface area contributed by atoms with Gasteiger partial charge in [-0.15, -0.1) is 0 Å². The Morgan fingerprint density at radius 3 is 2.76 bits per heavy atom. The molecule has 1 heterocycles. The van der Waals surface area contributed by atoms with E-state index in [0.717, 1.165) is 18.8 Å². The van der Waals surface area contributed by atoms with Crippen LogP contribution in [0.5, 0.6) is 0 Å². The zero-order chi connectivity index (χ0) is 12.4. The first-order valence-electron chi connectivity index (χ1n) is 6.25. The largest absolute Gasteiger partial charge is 0.392 e. The van der Waals surface area contributed by atoms with Crippen LogP contribution >= 0.6 is 0 Å². The average Bonchev–Trinajstić information content (AvgIpc) is 2.77. The lowest BCUT2D eigenvalue weighted by molar-refractivity contribution is 0.281. The fourth-order valence-corrected chi connectivity index (χ4v) is 2.47. The molecule has 0 saturated carbocycles. The number of rotatable bonds is 3. The van der Waals surface area contributed by atoms with Gasteiger partial charge in [0, 0.05) is 18.8 Å². The SMILES string of the molecule is CC(C)C1CCN(c2cc(F)cc(CO)c2)C1. The number of hydrogen-bond acceptors (Lipinski definition) is 2. The Morgan fingerprint density at radius 1 is 1.41 bits per heavy atom. The summed E-state index contributed by atoms with van der Waals surface area (Å²) in [5, 5.41) is 9.08. The average molecular weight is 237 g/mol. The number of benzene rings is 1. The minimum Gasteiger partial charge on any atom is -0.392 e. The van der Waals surface area contributed by atoms with Gasteiger partial charge in [0.1, 0.15) is 5.82 Å². The molecule has 17 heavy (non-hydrogen) atoms. The topological polar surface area (TPSA) is 23.5 Å². The van der Waals surface area contributed by atoms with E-state index in [1.807, 2.05) is 6.07 Å². The standard InChI is InChI=1S/C14H20FNO/c1-10(2)12-3-4-16(8-12)14-6-11(9-17)5-13(15)7-14/h5-7,10,12,17H,3-4,8-9H2,1-2H3. The van der Waals surface area contributed by atoms with Crippen LogP contribution in [0.15, 0.2) is 18.2 Å². The van der Waals surface area contributed by atoms with Crippen molar-refractivity contribution in [3.8, 4) is 0 Å². The molecule has 1 aliphatic rings. The van der Waals surface area contributed by atoms with Gasteiger partial charge in [-0.3, -0.25) is 0 Å². The third-order valence-corrected chi connectivity index (χ3v) is 3.66. The highest BCUT2D eigenvalue weighted by molar-refractivity contribution is 5.50. The minimum atomic E-state index is -0.264. The van der Waals surface area contributed by atoms with Gasteiger partial charge in [0.2, 0.25) is 0 Å². The van der Waals surface area contributed by atoms with E-state index in [1.54, 1.807) is 6.07 Å². The number of nitrogens with zero attached hydrogens (tertiary/aromatic N) is 1. The molecule has 2 rings (SSSR count). The lowest BCUT2D eigenvalue weighted by Gasteiger charge is -2.20. The van der Waals surface area contributed by atoms with Crippen molar-refractivity contribution in [3.63, 3.8) is 0 Å². The quantitative estimate of drug-likeness (QED) is 0.873. The third-order valence-electron chi connectivity index (χ3n) is 3.66. The van der Waals surface area contributed by atoms with Crippen molar-refractivity contribution in [1.82, 2.24) is 0 Å². The van der Waals surface area contributed by atoms with E-state index in [9.17, 15) is 4.39 Å². The molecule has 1 aromatic rings. The lowest BCUT2D eigenvalue weighted by atomic mass is 9.95. The smallest absolute Gasteiger partial charge is 0.125 e.